The first kappa shape index (κ1) is 31.8. The molecule has 46 heavy (non-hydrogen) atoms. The second kappa shape index (κ2) is 12.2. The molecule has 2 aliphatic heterocycles. The van der Waals surface area contributed by atoms with Crippen LogP contribution >= 0.6 is 34.1 Å². The van der Waals surface area contributed by atoms with Crippen molar-refractivity contribution in [2.45, 2.75) is 53.0 Å². The Labute approximate surface area is 297 Å². The van der Waals surface area contributed by atoms with Gasteiger partial charge in [-0.1, -0.05) is 0 Å². The van der Waals surface area contributed by atoms with Crippen molar-refractivity contribution >= 4 is 46.2 Å². The Morgan fingerprint density at radius 2 is 0.957 bits per heavy atom. The second-order valence-electron chi connectivity index (χ2n) is 15.1. The molecule has 10 rings (SSSR count). The molecule has 0 nitrogen and oxygen atoms in total. The average molecular weight is 845 g/mol. The van der Waals surface area contributed by atoms with E-state index in [9.17, 15) is 0 Å². The van der Waals surface area contributed by atoms with E-state index in [0.717, 1.165) is 24.7 Å². The van der Waals surface area contributed by atoms with Crippen molar-refractivity contribution in [1.29, 1.82) is 0 Å². The molecule has 236 valence electrons. The number of hydrogen-bond donors (Lipinski definition) is 0. The van der Waals surface area contributed by atoms with Gasteiger partial charge < -0.3 is 0 Å². The molecule has 2 saturated carbocycles. The van der Waals surface area contributed by atoms with Gasteiger partial charge in [0.15, 0.2) is 0 Å². The molecule has 6 aliphatic carbocycles. The number of hydrogen-bond acceptors (Lipinski definition) is 0. The number of halogens is 4. The fourth-order valence-electron chi connectivity index (χ4n) is 11.2. The van der Waals surface area contributed by atoms with Crippen LogP contribution in [0.5, 0.6) is 0 Å². The van der Waals surface area contributed by atoms with E-state index in [1.807, 2.05) is 0 Å². The van der Waals surface area contributed by atoms with Crippen LogP contribution in [0.15, 0.2) is 108 Å². The van der Waals surface area contributed by atoms with E-state index in [1.54, 1.807) is 0 Å². The van der Waals surface area contributed by atoms with Gasteiger partial charge in [0.2, 0.25) is 0 Å². The molecule has 0 spiro atoms. The van der Waals surface area contributed by atoms with Gasteiger partial charge in [0.1, 0.15) is 0 Å². The molecule has 2 aromatic rings. The third-order valence-electron chi connectivity index (χ3n) is 12.9. The van der Waals surface area contributed by atoms with Crippen molar-refractivity contribution in [2.24, 2.45) is 35.5 Å². The van der Waals surface area contributed by atoms with Crippen LogP contribution in [0.3, 0.4) is 0 Å². The van der Waals surface area contributed by atoms with Crippen LogP contribution in [0.4, 0.5) is 0 Å². The number of rotatable bonds is 0. The SMILES string of the molecule is [Cl][Zr]1([Cl])[CH]2C(=Cc3ccccc32)CCC2=Cc3ccccc3[CH]21.[Cl][Zr]1([Cl])[CH]2C(CCC3CC4C=CC=CC4[CH]31)CC1C=CC=CC12. The van der Waals surface area contributed by atoms with E-state index in [-0.39, 0.29) is 0 Å². The quantitative estimate of drug-likeness (QED) is 0.248. The zero-order valence-electron chi connectivity index (χ0n) is 25.9. The van der Waals surface area contributed by atoms with Crippen LogP contribution in [-0.4, -0.2) is 0 Å². The molecule has 2 heterocycles. The van der Waals surface area contributed by atoms with Crippen LogP contribution in [0.2, 0.25) is 7.25 Å². The van der Waals surface area contributed by atoms with Gasteiger partial charge >= 0.3 is 301 Å². The summed E-state index contributed by atoms with van der Waals surface area (Å²) in [6.45, 7) is 0. The Morgan fingerprint density at radius 3 is 1.43 bits per heavy atom. The summed E-state index contributed by atoms with van der Waals surface area (Å²) in [7, 11) is 29.6. The third-order valence-corrected chi connectivity index (χ3v) is 39.7. The molecule has 0 bridgehead atoms. The van der Waals surface area contributed by atoms with Gasteiger partial charge in [0, 0.05) is 0 Å². The topological polar surface area (TPSA) is 0 Å². The summed E-state index contributed by atoms with van der Waals surface area (Å²) in [5.74, 6) is 4.26. The van der Waals surface area contributed by atoms with Crippen molar-refractivity contribution in [2.75, 3.05) is 0 Å². The first-order valence-corrected chi connectivity index (χ1v) is 35.7. The van der Waals surface area contributed by atoms with E-state index in [0.29, 0.717) is 38.2 Å². The van der Waals surface area contributed by atoms with Crippen molar-refractivity contribution in [3.05, 3.63) is 131 Å². The van der Waals surface area contributed by atoms with Gasteiger partial charge in [-0.25, -0.2) is 0 Å². The molecule has 2 aromatic carbocycles. The minimum absolute atomic E-state index is 0.297. The van der Waals surface area contributed by atoms with Crippen LogP contribution < -0.4 is 0 Å². The Balaban J connectivity index is 0.000000127. The molecular formula is C40H40Cl4Zr2. The third kappa shape index (κ3) is 5.07. The summed E-state index contributed by atoms with van der Waals surface area (Å²) in [6.07, 6.45) is 30.9. The van der Waals surface area contributed by atoms with Crippen LogP contribution in [-0.2, 0) is 35.8 Å². The van der Waals surface area contributed by atoms with Gasteiger partial charge in [-0.05, 0) is 0 Å². The molecule has 4 fully saturated rings. The van der Waals surface area contributed by atoms with E-state index in [4.69, 9.17) is 34.1 Å². The first-order valence-electron chi connectivity index (χ1n) is 17.4. The molecule has 10 unspecified atom stereocenters. The zero-order chi connectivity index (χ0) is 31.2. The summed E-state index contributed by atoms with van der Waals surface area (Å²) in [5.41, 5.74) is 8.34. The Morgan fingerprint density at radius 1 is 0.522 bits per heavy atom. The van der Waals surface area contributed by atoms with Crippen molar-refractivity contribution in [3.63, 3.8) is 0 Å². The Kier molecular flexibility index (Phi) is 8.45. The van der Waals surface area contributed by atoms with E-state index in [1.165, 1.54) is 59.1 Å². The van der Waals surface area contributed by atoms with Crippen LogP contribution in [0.1, 0.15) is 68.0 Å². The fraction of sp³-hybridized carbons (Fsp3) is 0.400. The van der Waals surface area contributed by atoms with Crippen LogP contribution in [0, 0.1) is 35.5 Å². The van der Waals surface area contributed by atoms with Crippen molar-refractivity contribution < 1.29 is 35.8 Å². The van der Waals surface area contributed by atoms with E-state index < -0.39 is 35.8 Å². The molecule has 6 heteroatoms. The van der Waals surface area contributed by atoms with Crippen molar-refractivity contribution in [3.8, 4) is 0 Å². The zero-order valence-corrected chi connectivity index (χ0v) is 33.9. The normalized spacial score (nSPS) is 39.0. The van der Waals surface area contributed by atoms with Gasteiger partial charge in [0.25, 0.3) is 0 Å². The fourth-order valence-corrected chi connectivity index (χ4v) is 42.6. The Hall–Kier alpha value is -0.194. The van der Waals surface area contributed by atoms with Crippen LogP contribution in [0.25, 0.3) is 12.2 Å². The molecule has 0 N–H and O–H groups in total. The van der Waals surface area contributed by atoms with Gasteiger partial charge in [-0.3, -0.25) is 0 Å². The standard InChI is InChI=1S/C20H24.C20H16.4ClH.2Zr/c2*1-2-6-18-12-15(11-17(18)5-1)9-10-16-13-19-7-3-4-8-20(19)14-16;;;;;;/h1-8,11,13,15-20H,9-10,12,14H2;1-8,11-14H,9-10H2;4*1H;;/q;;;;;;2*+2/p-4. The van der Waals surface area contributed by atoms with Gasteiger partial charge in [-0.2, -0.15) is 0 Å². The summed E-state index contributed by atoms with van der Waals surface area (Å²) >= 11 is -6.74. The molecule has 0 amide bonds. The molecule has 0 radical (unpaired) electrons. The van der Waals surface area contributed by atoms with E-state index in [2.05, 4.69) is 109 Å². The summed E-state index contributed by atoms with van der Waals surface area (Å²) in [5, 5.41) is 0. The molecular weight excluding hydrogens is 805 g/mol. The molecule has 2 saturated heterocycles. The summed E-state index contributed by atoms with van der Waals surface area (Å²) in [4.78, 5) is 0. The molecule has 10 atom stereocenters. The van der Waals surface area contributed by atoms with E-state index >= 15 is 0 Å². The maximum absolute atomic E-state index is 7.48. The minimum atomic E-state index is -3.49. The number of allylic oxidation sites excluding steroid dienone is 10. The van der Waals surface area contributed by atoms with Gasteiger partial charge in [-0.15, -0.1) is 0 Å². The first-order chi connectivity index (χ1) is 22.3. The average Bonchev–Trinajstić information content (AvgIpc) is 3.79. The molecule has 0 aromatic heterocycles. The Bertz CT molecular complexity index is 1620. The summed E-state index contributed by atoms with van der Waals surface area (Å²) in [6, 6.07) is 17.3. The monoisotopic (exact) mass is 840 g/mol. The van der Waals surface area contributed by atoms with Gasteiger partial charge in [0.05, 0.1) is 0 Å². The van der Waals surface area contributed by atoms with Crippen molar-refractivity contribution in [1.82, 2.24) is 0 Å². The second-order valence-corrected chi connectivity index (χ2v) is 44.9. The number of fused-ring (bicyclic) bond motifs is 12. The molecule has 8 aliphatic rings. The maximum atomic E-state index is 7.48. The number of benzene rings is 2. The predicted octanol–water partition coefficient (Wildman–Crippen LogP) is 13.1. The summed E-state index contributed by atoms with van der Waals surface area (Å²) < 4.78 is 1.86. The predicted molar refractivity (Wildman–Crippen MR) is 190 cm³/mol.